The highest BCUT2D eigenvalue weighted by Crippen LogP contribution is 2.27. The number of ether oxygens (including phenoxy) is 1. The summed E-state index contributed by atoms with van der Waals surface area (Å²) in [5.41, 5.74) is 0.933. The second-order valence-electron chi connectivity index (χ2n) is 3.68. The third-order valence-electron chi connectivity index (χ3n) is 2.57. The molecule has 1 aromatic heterocycles. The van der Waals surface area contributed by atoms with E-state index in [9.17, 15) is 4.79 Å². The quantitative estimate of drug-likeness (QED) is 0.795. The zero-order chi connectivity index (χ0) is 13.1. The maximum Gasteiger partial charge on any atom is 0.284 e. The van der Waals surface area contributed by atoms with Crippen LogP contribution in [0.25, 0.3) is 11.3 Å². The summed E-state index contributed by atoms with van der Waals surface area (Å²) >= 11 is 0. The van der Waals surface area contributed by atoms with Gasteiger partial charge in [0.25, 0.3) is 5.56 Å². The minimum absolute atomic E-state index is 0.0633. The number of para-hydroxylation sites is 1. The van der Waals surface area contributed by atoms with E-state index in [4.69, 9.17) is 10.00 Å². The van der Waals surface area contributed by atoms with Crippen LogP contribution < -0.4 is 10.3 Å². The summed E-state index contributed by atoms with van der Waals surface area (Å²) in [4.78, 5) is 11.6. The maximum absolute atomic E-state index is 11.6. The van der Waals surface area contributed by atoms with Gasteiger partial charge in [-0.15, -0.1) is 0 Å². The lowest BCUT2D eigenvalue weighted by Crippen LogP contribution is -2.22. The third kappa shape index (κ3) is 1.96. The predicted molar refractivity (Wildman–Crippen MR) is 66.2 cm³/mol. The molecule has 0 bridgehead atoms. The lowest BCUT2D eigenvalue weighted by molar-refractivity contribution is 0.416. The van der Waals surface area contributed by atoms with Gasteiger partial charge in [-0.05, 0) is 18.2 Å². The number of hydrogen-bond donors (Lipinski definition) is 0. The Morgan fingerprint density at radius 1 is 1.39 bits per heavy atom. The average Bonchev–Trinajstić information content (AvgIpc) is 2.41. The monoisotopic (exact) mass is 241 g/mol. The molecule has 0 N–H and O–H groups in total. The molecule has 2 aromatic rings. The fourth-order valence-electron chi connectivity index (χ4n) is 1.68. The molecule has 2 rings (SSSR count). The lowest BCUT2D eigenvalue weighted by atomic mass is 10.1. The van der Waals surface area contributed by atoms with Crippen LogP contribution in [0.15, 0.2) is 35.1 Å². The SMILES string of the molecule is COc1ccccc1-c1cc(C#N)c(=O)n(C)n1. The Labute approximate surface area is 104 Å². The molecule has 0 saturated carbocycles. The summed E-state index contributed by atoms with van der Waals surface area (Å²) in [5.74, 6) is 0.646. The zero-order valence-electron chi connectivity index (χ0n) is 10.0. The van der Waals surface area contributed by atoms with E-state index in [1.807, 2.05) is 24.3 Å². The Kier molecular flexibility index (Phi) is 3.11. The van der Waals surface area contributed by atoms with E-state index >= 15 is 0 Å². The van der Waals surface area contributed by atoms with Crippen molar-refractivity contribution in [2.75, 3.05) is 7.11 Å². The predicted octanol–water partition coefficient (Wildman–Crippen LogP) is 1.33. The van der Waals surface area contributed by atoms with Crippen LogP contribution in [-0.2, 0) is 7.05 Å². The van der Waals surface area contributed by atoms with Gasteiger partial charge in [0.05, 0.1) is 12.8 Å². The Morgan fingerprint density at radius 2 is 2.11 bits per heavy atom. The minimum Gasteiger partial charge on any atom is -0.496 e. The molecule has 0 unspecified atom stereocenters. The van der Waals surface area contributed by atoms with E-state index in [1.165, 1.54) is 13.1 Å². The zero-order valence-corrected chi connectivity index (χ0v) is 10.0. The van der Waals surface area contributed by atoms with E-state index in [2.05, 4.69) is 5.10 Å². The number of benzene rings is 1. The molecule has 1 aromatic carbocycles. The molecule has 0 radical (unpaired) electrons. The normalized spacial score (nSPS) is 9.83. The van der Waals surface area contributed by atoms with Gasteiger partial charge >= 0.3 is 0 Å². The van der Waals surface area contributed by atoms with Crippen molar-refractivity contribution in [1.29, 1.82) is 5.26 Å². The Morgan fingerprint density at radius 3 is 2.78 bits per heavy atom. The van der Waals surface area contributed by atoms with Crippen LogP contribution in [-0.4, -0.2) is 16.9 Å². The van der Waals surface area contributed by atoms with Crippen LogP contribution in [0.4, 0.5) is 0 Å². The average molecular weight is 241 g/mol. The molecule has 0 aliphatic rings. The Balaban J connectivity index is 2.69. The standard InChI is InChI=1S/C13H11N3O2/c1-16-13(17)9(8-14)7-11(15-16)10-5-3-4-6-12(10)18-2/h3-7H,1-2H3. The van der Waals surface area contributed by atoms with Crippen LogP contribution >= 0.6 is 0 Å². The molecule has 0 fully saturated rings. The Hall–Kier alpha value is -2.61. The maximum atomic E-state index is 11.6. The largest absolute Gasteiger partial charge is 0.496 e. The molecule has 5 nitrogen and oxygen atoms in total. The van der Waals surface area contributed by atoms with Gasteiger partial charge in [0.15, 0.2) is 0 Å². The van der Waals surface area contributed by atoms with E-state index in [-0.39, 0.29) is 5.56 Å². The van der Waals surface area contributed by atoms with Gasteiger partial charge < -0.3 is 4.74 Å². The van der Waals surface area contributed by atoms with Gasteiger partial charge in [0, 0.05) is 12.6 Å². The van der Waals surface area contributed by atoms with E-state index in [0.717, 1.165) is 10.2 Å². The molecule has 18 heavy (non-hydrogen) atoms. The van der Waals surface area contributed by atoms with Gasteiger partial charge in [-0.2, -0.15) is 10.4 Å². The molecule has 5 heteroatoms. The number of rotatable bonds is 2. The smallest absolute Gasteiger partial charge is 0.284 e. The van der Waals surface area contributed by atoms with Crippen LogP contribution in [0.1, 0.15) is 5.56 Å². The van der Waals surface area contributed by atoms with Crippen molar-refractivity contribution in [2.24, 2.45) is 7.05 Å². The summed E-state index contributed by atoms with van der Waals surface area (Å²) in [6, 6.07) is 10.7. The van der Waals surface area contributed by atoms with Gasteiger partial charge in [0.1, 0.15) is 17.4 Å². The van der Waals surface area contributed by atoms with Crippen LogP contribution in [0.5, 0.6) is 5.75 Å². The van der Waals surface area contributed by atoms with Crippen LogP contribution in [0.2, 0.25) is 0 Å². The van der Waals surface area contributed by atoms with Crippen molar-refractivity contribution in [3.05, 3.63) is 46.2 Å². The summed E-state index contributed by atoms with van der Waals surface area (Å²) in [6.07, 6.45) is 0. The topological polar surface area (TPSA) is 67.9 Å². The highest BCUT2D eigenvalue weighted by molar-refractivity contribution is 5.67. The molecule has 0 spiro atoms. The second-order valence-corrected chi connectivity index (χ2v) is 3.68. The van der Waals surface area contributed by atoms with Crippen molar-refractivity contribution in [1.82, 2.24) is 9.78 Å². The Bertz CT molecular complexity index is 683. The summed E-state index contributed by atoms with van der Waals surface area (Å²) in [6.45, 7) is 0. The molecule has 0 aliphatic heterocycles. The van der Waals surface area contributed by atoms with Crippen LogP contribution in [0, 0.1) is 11.3 Å². The van der Waals surface area contributed by atoms with E-state index in [1.54, 1.807) is 13.2 Å². The fourth-order valence-corrected chi connectivity index (χ4v) is 1.68. The number of aromatic nitrogens is 2. The highest BCUT2D eigenvalue weighted by atomic mass is 16.5. The van der Waals surface area contributed by atoms with Gasteiger partial charge in [-0.3, -0.25) is 4.79 Å². The van der Waals surface area contributed by atoms with Crippen LogP contribution in [0.3, 0.4) is 0 Å². The first-order chi connectivity index (χ1) is 8.67. The lowest BCUT2D eigenvalue weighted by Gasteiger charge is -2.08. The second kappa shape index (κ2) is 4.72. The first kappa shape index (κ1) is 11.9. The van der Waals surface area contributed by atoms with Gasteiger partial charge in [-0.25, -0.2) is 4.68 Å². The van der Waals surface area contributed by atoms with Crippen molar-refractivity contribution < 1.29 is 4.74 Å². The minimum atomic E-state index is -0.406. The summed E-state index contributed by atoms with van der Waals surface area (Å²) in [7, 11) is 3.08. The van der Waals surface area contributed by atoms with Crippen molar-refractivity contribution in [3.63, 3.8) is 0 Å². The molecular weight excluding hydrogens is 230 g/mol. The molecule has 0 aliphatic carbocycles. The molecule has 0 atom stereocenters. The van der Waals surface area contributed by atoms with E-state index < -0.39 is 5.56 Å². The van der Waals surface area contributed by atoms with Crippen molar-refractivity contribution in [2.45, 2.75) is 0 Å². The molecular formula is C13H11N3O2. The number of nitrogens with zero attached hydrogens (tertiary/aromatic N) is 3. The van der Waals surface area contributed by atoms with Crippen molar-refractivity contribution >= 4 is 0 Å². The number of hydrogen-bond acceptors (Lipinski definition) is 4. The molecule has 1 heterocycles. The van der Waals surface area contributed by atoms with E-state index in [0.29, 0.717) is 11.4 Å². The van der Waals surface area contributed by atoms with Crippen molar-refractivity contribution in [3.8, 4) is 23.1 Å². The third-order valence-corrected chi connectivity index (χ3v) is 2.57. The number of aryl methyl sites for hydroxylation is 1. The summed E-state index contributed by atoms with van der Waals surface area (Å²) in [5, 5.41) is 13.1. The molecule has 90 valence electrons. The number of nitriles is 1. The molecule has 0 saturated heterocycles. The van der Waals surface area contributed by atoms with Gasteiger partial charge in [0.2, 0.25) is 0 Å². The summed E-state index contributed by atoms with van der Waals surface area (Å²) < 4.78 is 6.39. The highest BCUT2D eigenvalue weighted by Gasteiger charge is 2.10. The first-order valence-corrected chi connectivity index (χ1v) is 5.29. The first-order valence-electron chi connectivity index (χ1n) is 5.29. The molecule has 0 amide bonds. The fraction of sp³-hybridized carbons (Fsp3) is 0.154. The number of methoxy groups -OCH3 is 1. The van der Waals surface area contributed by atoms with Gasteiger partial charge in [-0.1, -0.05) is 12.1 Å².